The first kappa shape index (κ1) is 27.9. The van der Waals surface area contributed by atoms with E-state index in [-0.39, 0.29) is 11.4 Å². The zero-order valence-corrected chi connectivity index (χ0v) is 24.8. The number of aromatic nitrogens is 1. The smallest absolute Gasteiger partial charge is 0.266 e. The van der Waals surface area contributed by atoms with Crippen molar-refractivity contribution < 1.29 is 19.6 Å². The summed E-state index contributed by atoms with van der Waals surface area (Å²) in [6, 6.07) is 15.3. The summed E-state index contributed by atoms with van der Waals surface area (Å²) in [5.74, 6) is -0.00465. The number of likely N-dealkylation sites (tertiary alicyclic amines) is 2. The van der Waals surface area contributed by atoms with Crippen molar-refractivity contribution in [1.29, 1.82) is 0 Å². The second-order valence-electron chi connectivity index (χ2n) is 10.5. The van der Waals surface area contributed by atoms with Gasteiger partial charge in [0.15, 0.2) is 0 Å². The molecule has 5 rings (SSSR count). The molecular formula is C30H35BrClN4O3+. The molecule has 0 unspecified atom stereocenters. The van der Waals surface area contributed by atoms with Gasteiger partial charge in [0.25, 0.3) is 11.4 Å². The lowest BCUT2D eigenvalue weighted by Crippen LogP contribution is -2.56. The molecule has 0 bridgehead atoms. The van der Waals surface area contributed by atoms with Crippen molar-refractivity contribution in [3.63, 3.8) is 0 Å². The van der Waals surface area contributed by atoms with E-state index >= 15 is 0 Å². The summed E-state index contributed by atoms with van der Waals surface area (Å²) in [5.41, 5.74) is 7.97. The first-order valence-electron chi connectivity index (χ1n) is 13.5. The van der Waals surface area contributed by atoms with E-state index in [0.29, 0.717) is 41.2 Å². The number of amides is 1. The monoisotopic (exact) mass is 613 g/mol. The van der Waals surface area contributed by atoms with E-state index < -0.39 is 0 Å². The number of hydrogen-bond donors (Lipinski definition) is 2. The predicted molar refractivity (Wildman–Crippen MR) is 157 cm³/mol. The number of fused-ring (bicyclic) bond motifs is 1. The van der Waals surface area contributed by atoms with Crippen LogP contribution in [0.1, 0.15) is 55.5 Å². The Morgan fingerprint density at radius 1 is 1.10 bits per heavy atom. The molecule has 0 atom stereocenters. The van der Waals surface area contributed by atoms with Gasteiger partial charge in [-0.15, -0.1) is 0 Å². The third-order valence-corrected chi connectivity index (χ3v) is 8.94. The van der Waals surface area contributed by atoms with Gasteiger partial charge >= 0.3 is 0 Å². The summed E-state index contributed by atoms with van der Waals surface area (Å²) >= 11 is 9.65. The number of benzene rings is 2. The molecule has 0 radical (unpaired) electrons. The average molecular weight is 615 g/mol. The first-order valence-corrected chi connectivity index (χ1v) is 14.7. The standard InChI is InChI=1S/C30H35BrClN4O3/c1-3-39-33-28(21-4-6-23(31)7-5-21)22-10-15-35(16-11-22)30(2)13-18-34(19-14-30)29(37)26-12-17-36(38)27-20-24(32)8-9-25(26)27/h4-9,12,17,20,33,38H,3,10-11,13-16,18-19H2,1-2H3/q+1. The van der Waals surface area contributed by atoms with Crippen LogP contribution in [0.4, 0.5) is 0 Å². The van der Waals surface area contributed by atoms with Gasteiger partial charge in [-0.25, -0.2) is 0 Å². The van der Waals surface area contributed by atoms with Crippen LogP contribution in [-0.4, -0.2) is 59.2 Å². The van der Waals surface area contributed by atoms with Gasteiger partial charge in [0.2, 0.25) is 6.20 Å². The van der Waals surface area contributed by atoms with Gasteiger partial charge in [0, 0.05) is 58.1 Å². The van der Waals surface area contributed by atoms with E-state index in [9.17, 15) is 10.0 Å². The van der Waals surface area contributed by atoms with Gasteiger partial charge in [-0.3, -0.25) is 25.2 Å². The minimum atomic E-state index is -0.00465. The molecule has 1 amide bonds. The number of hydrogen-bond acceptors (Lipinski definition) is 5. The van der Waals surface area contributed by atoms with Gasteiger partial charge < -0.3 is 4.90 Å². The highest BCUT2D eigenvalue weighted by atomic mass is 79.9. The molecule has 2 fully saturated rings. The van der Waals surface area contributed by atoms with Crippen molar-refractivity contribution in [2.24, 2.45) is 0 Å². The maximum absolute atomic E-state index is 13.5. The fraction of sp³-hybridized carbons (Fsp3) is 0.400. The van der Waals surface area contributed by atoms with Crippen molar-refractivity contribution >= 4 is 50.0 Å². The van der Waals surface area contributed by atoms with Crippen LogP contribution in [0.3, 0.4) is 0 Å². The zero-order valence-electron chi connectivity index (χ0n) is 22.4. The van der Waals surface area contributed by atoms with Gasteiger partial charge in [-0.05, 0) is 74.9 Å². The second kappa shape index (κ2) is 11.8. The molecule has 0 spiro atoms. The topological polar surface area (TPSA) is 68.9 Å². The number of pyridine rings is 1. The lowest BCUT2D eigenvalue weighted by Gasteiger charge is -2.48. The Morgan fingerprint density at radius 2 is 1.79 bits per heavy atom. The Hall–Kier alpha value is -2.65. The average Bonchev–Trinajstić information content (AvgIpc) is 2.95. The highest BCUT2D eigenvalue weighted by molar-refractivity contribution is 9.10. The minimum absolute atomic E-state index is 0.00465. The SMILES string of the molecule is CCONC(=C1CCN(C2(C)CCN(C(=O)c3cc[n+](O)c4cc(Cl)ccc34)CC2)CC1)c1ccc(Br)cc1. The fourth-order valence-corrected chi connectivity index (χ4v) is 6.20. The third-order valence-electron chi connectivity index (χ3n) is 8.17. The maximum atomic E-state index is 13.5. The van der Waals surface area contributed by atoms with Crippen LogP contribution in [0.5, 0.6) is 0 Å². The molecule has 206 valence electrons. The Bertz CT molecular complexity index is 1380. The molecule has 2 aromatic carbocycles. The molecular weight excluding hydrogens is 580 g/mol. The molecule has 2 aliphatic heterocycles. The van der Waals surface area contributed by atoms with E-state index in [0.717, 1.165) is 59.2 Å². The number of nitrogens with zero attached hydrogens (tertiary/aromatic N) is 3. The molecule has 3 heterocycles. The van der Waals surface area contributed by atoms with Crippen molar-refractivity contribution in [3.8, 4) is 0 Å². The van der Waals surface area contributed by atoms with Crippen molar-refractivity contribution in [2.75, 3.05) is 32.8 Å². The van der Waals surface area contributed by atoms with E-state index in [2.05, 4.69) is 57.5 Å². The molecule has 9 heteroatoms. The van der Waals surface area contributed by atoms with Gasteiger partial charge in [-0.1, -0.05) is 39.7 Å². The lowest BCUT2D eigenvalue weighted by atomic mass is 9.84. The van der Waals surface area contributed by atoms with Crippen LogP contribution in [0, 0.1) is 0 Å². The molecule has 7 nitrogen and oxygen atoms in total. The molecule has 2 saturated heterocycles. The maximum Gasteiger partial charge on any atom is 0.266 e. The quantitative estimate of drug-likeness (QED) is 0.208. The zero-order chi connectivity index (χ0) is 27.6. The number of halogens is 2. The summed E-state index contributed by atoms with van der Waals surface area (Å²) in [4.78, 5) is 23.7. The van der Waals surface area contributed by atoms with E-state index in [1.807, 2.05) is 11.8 Å². The fourth-order valence-electron chi connectivity index (χ4n) is 5.76. The summed E-state index contributed by atoms with van der Waals surface area (Å²) in [5, 5.41) is 11.4. The summed E-state index contributed by atoms with van der Waals surface area (Å²) < 4.78 is 2.07. The van der Waals surface area contributed by atoms with Crippen molar-refractivity contribution in [1.82, 2.24) is 15.3 Å². The summed E-state index contributed by atoms with van der Waals surface area (Å²) in [6.45, 7) is 8.28. The van der Waals surface area contributed by atoms with Gasteiger partial charge in [0.1, 0.15) is 0 Å². The van der Waals surface area contributed by atoms with Crippen molar-refractivity contribution in [2.45, 2.75) is 45.1 Å². The number of rotatable bonds is 6. The van der Waals surface area contributed by atoms with Crippen LogP contribution >= 0.6 is 27.5 Å². The Labute approximate surface area is 243 Å². The predicted octanol–water partition coefficient (Wildman–Crippen LogP) is 5.82. The number of carbonyl (C=O) groups excluding carboxylic acids is 1. The molecule has 1 aromatic heterocycles. The third kappa shape index (κ3) is 5.94. The molecule has 3 aromatic rings. The van der Waals surface area contributed by atoms with Crippen LogP contribution in [0.2, 0.25) is 5.02 Å². The van der Waals surface area contributed by atoms with E-state index in [1.54, 1.807) is 24.3 Å². The van der Waals surface area contributed by atoms with E-state index in [4.69, 9.17) is 16.4 Å². The van der Waals surface area contributed by atoms with Crippen molar-refractivity contribution in [3.05, 3.63) is 80.9 Å². The number of nitrogens with one attached hydrogen (secondary N) is 1. The number of hydroxylamine groups is 1. The highest BCUT2D eigenvalue weighted by Crippen LogP contribution is 2.35. The van der Waals surface area contributed by atoms with Crippen LogP contribution < -0.4 is 10.2 Å². The van der Waals surface area contributed by atoms with Crippen LogP contribution in [-0.2, 0) is 4.84 Å². The van der Waals surface area contributed by atoms with Gasteiger partial charge in [-0.2, -0.15) is 0 Å². The molecule has 0 saturated carbocycles. The molecule has 2 N–H and O–H groups in total. The van der Waals surface area contributed by atoms with Crippen LogP contribution in [0.25, 0.3) is 16.6 Å². The minimum Gasteiger partial charge on any atom is -0.338 e. The Kier molecular flexibility index (Phi) is 8.47. The van der Waals surface area contributed by atoms with Crippen LogP contribution in [0.15, 0.2) is 64.8 Å². The van der Waals surface area contributed by atoms with E-state index in [1.165, 1.54) is 11.8 Å². The number of carbonyl (C=O) groups is 1. The largest absolute Gasteiger partial charge is 0.338 e. The normalized spacial score (nSPS) is 17.8. The Morgan fingerprint density at radius 3 is 2.46 bits per heavy atom. The van der Waals surface area contributed by atoms with Gasteiger partial charge in [0.05, 0.1) is 23.3 Å². The first-order chi connectivity index (χ1) is 18.8. The highest BCUT2D eigenvalue weighted by Gasteiger charge is 2.38. The molecule has 2 aliphatic rings. The summed E-state index contributed by atoms with van der Waals surface area (Å²) in [6.07, 6.45) is 5.30. The Balaban J connectivity index is 1.25. The second-order valence-corrected chi connectivity index (χ2v) is 11.9. The lowest BCUT2D eigenvalue weighted by molar-refractivity contribution is -0.884. The molecule has 39 heavy (non-hydrogen) atoms. The number of piperidine rings is 2. The molecule has 0 aliphatic carbocycles. The summed E-state index contributed by atoms with van der Waals surface area (Å²) in [7, 11) is 0.